The van der Waals surface area contributed by atoms with Crippen molar-refractivity contribution in [2.45, 2.75) is 60.3 Å². The molecule has 2 heterocycles. The Bertz CT molecular complexity index is 967. The monoisotopic (exact) mass is 377 g/mol. The van der Waals surface area contributed by atoms with Gasteiger partial charge in [0.05, 0.1) is 0 Å². The standard InChI is InChI=1S/C24H31N3O/c1-6-8-9-19(7-2)24(28)26-23-22(20-13-17(4)12-18(5)14-20)25-21-15-16(3)10-11-27(21)23/h10-15,19H,6-9H2,1-5H3,(H,26,28)/t19-/m0/s1. The topological polar surface area (TPSA) is 46.4 Å². The maximum absolute atomic E-state index is 13.0. The number of hydrogen-bond donors (Lipinski definition) is 1. The minimum Gasteiger partial charge on any atom is -0.310 e. The van der Waals surface area contributed by atoms with Crippen LogP contribution in [0.15, 0.2) is 36.5 Å². The van der Waals surface area contributed by atoms with Crippen LogP contribution in [0.4, 0.5) is 5.82 Å². The van der Waals surface area contributed by atoms with Crippen LogP contribution in [0.1, 0.15) is 56.2 Å². The van der Waals surface area contributed by atoms with Gasteiger partial charge in [-0.1, -0.05) is 43.9 Å². The second-order valence-corrected chi connectivity index (χ2v) is 7.85. The van der Waals surface area contributed by atoms with E-state index in [0.29, 0.717) is 0 Å². The number of imidazole rings is 1. The predicted octanol–water partition coefficient (Wildman–Crippen LogP) is 6.08. The maximum Gasteiger partial charge on any atom is 0.228 e. The molecular formula is C24H31N3O. The molecule has 0 saturated heterocycles. The third-order valence-electron chi connectivity index (χ3n) is 5.29. The number of rotatable bonds is 7. The molecule has 0 aliphatic rings. The van der Waals surface area contributed by atoms with E-state index in [1.54, 1.807) is 0 Å². The molecule has 28 heavy (non-hydrogen) atoms. The Labute approximate surface area is 168 Å². The lowest BCUT2D eigenvalue weighted by Crippen LogP contribution is -2.23. The maximum atomic E-state index is 13.0. The molecule has 1 atom stereocenters. The quantitative estimate of drug-likeness (QED) is 0.542. The van der Waals surface area contributed by atoms with E-state index in [-0.39, 0.29) is 11.8 Å². The van der Waals surface area contributed by atoms with E-state index >= 15 is 0 Å². The first-order valence-electron chi connectivity index (χ1n) is 10.3. The first kappa shape index (κ1) is 20.1. The molecule has 0 spiro atoms. The van der Waals surface area contributed by atoms with Crippen molar-refractivity contribution in [3.8, 4) is 11.3 Å². The van der Waals surface area contributed by atoms with Crippen molar-refractivity contribution < 1.29 is 4.79 Å². The van der Waals surface area contributed by atoms with Gasteiger partial charge in [-0.15, -0.1) is 0 Å². The molecule has 0 saturated carbocycles. The minimum atomic E-state index is 0.0306. The van der Waals surface area contributed by atoms with E-state index in [9.17, 15) is 4.79 Å². The number of pyridine rings is 1. The highest BCUT2D eigenvalue weighted by molar-refractivity contribution is 5.96. The van der Waals surface area contributed by atoms with Crippen LogP contribution in [0.25, 0.3) is 16.9 Å². The molecule has 148 valence electrons. The van der Waals surface area contributed by atoms with Crippen molar-refractivity contribution >= 4 is 17.4 Å². The van der Waals surface area contributed by atoms with Crippen molar-refractivity contribution in [3.63, 3.8) is 0 Å². The van der Waals surface area contributed by atoms with Gasteiger partial charge < -0.3 is 5.32 Å². The highest BCUT2D eigenvalue weighted by Crippen LogP contribution is 2.31. The van der Waals surface area contributed by atoms with E-state index < -0.39 is 0 Å². The van der Waals surface area contributed by atoms with Crippen molar-refractivity contribution in [1.29, 1.82) is 0 Å². The molecule has 0 bridgehead atoms. The van der Waals surface area contributed by atoms with E-state index in [2.05, 4.69) is 64.2 Å². The van der Waals surface area contributed by atoms with Crippen LogP contribution in [-0.4, -0.2) is 15.3 Å². The van der Waals surface area contributed by atoms with Gasteiger partial charge in [0.15, 0.2) is 0 Å². The largest absolute Gasteiger partial charge is 0.310 e. The van der Waals surface area contributed by atoms with Gasteiger partial charge in [-0.3, -0.25) is 9.20 Å². The summed E-state index contributed by atoms with van der Waals surface area (Å²) >= 11 is 0. The average Bonchev–Trinajstić information content (AvgIpc) is 2.99. The van der Waals surface area contributed by atoms with Crippen LogP contribution in [-0.2, 0) is 4.79 Å². The fraction of sp³-hybridized carbons (Fsp3) is 0.417. The number of carbonyl (C=O) groups excluding carboxylic acids is 1. The smallest absolute Gasteiger partial charge is 0.228 e. The summed E-state index contributed by atoms with van der Waals surface area (Å²) in [7, 11) is 0. The van der Waals surface area contributed by atoms with Gasteiger partial charge >= 0.3 is 0 Å². The SMILES string of the molecule is CCCC[C@H](CC)C(=O)Nc1c(-c2cc(C)cc(C)c2)nc2cc(C)ccn12. The summed E-state index contributed by atoms with van der Waals surface area (Å²) in [5, 5.41) is 3.21. The molecule has 4 nitrogen and oxygen atoms in total. The van der Waals surface area contributed by atoms with Gasteiger partial charge in [0, 0.05) is 17.7 Å². The number of nitrogens with one attached hydrogen (secondary N) is 1. The van der Waals surface area contributed by atoms with E-state index in [0.717, 1.165) is 54.0 Å². The van der Waals surface area contributed by atoms with Gasteiger partial charge in [-0.2, -0.15) is 0 Å². The molecule has 0 fully saturated rings. The van der Waals surface area contributed by atoms with Gasteiger partial charge in [0.25, 0.3) is 0 Å². The Morgan fingerprint density at radius 2 is 1.79 bits per heavy atom. The van der Waals surface area contributed by atoms with Gasteiger partial charge in [0.1, 0.15) is 17.2 Å². The van der Waals surface area contributed by atoms with Crippen molar-refractivity contribution in [3.05, 3.63) is 53.2 Å². The molecule has 1 aromatic carbocycles. The lowest BCUT2D eigenvalue weighted by atomic mass is 9.98. The van der Waals surface area contributed by atoms with Crippen LogP contribution in [0, 0.1) is 26.7 Å². The fourth-order valence-electron chi connectivity index (χ4n) is 3.77. The van der Waals surface area contributed by atoms with Crippen LogP contribution in [0.3, 0.4) is 0 Å². The van der Waals surface area contributed by atoms with Gasteiger partial charge in [-0.05, 0) is 63.4 Å². The third-order valence-corrected chi connectivity index (χ3v) is 5.29. The number of benzene rings is 1. The summed E-state index contributed by atoms with van der Waals surface area (Å²) in [4.78, 5) is 17.9. The summed E-state index contributed by atoms with van der Waals surface area (Å²) in [5.41, 5.74) is 6.25. The van der Waals surface area contributed by atoms with Crippen LogP contribution >= 0.6 is 0 Å². The number of aryl methyl sites for hydroxylation is 3. The van der Waals surface area contributed by atoms with Crippen molar-refractivity contribution in [2.24, 2.45) is 5.92 Å². The number of carbonyl (C=O) groups is 1. The Morgan fingerprint density at radius 1 is 1.07 bits per heavy atom. The lowest BCUT2D eigenvalue weighted by molar-refractivity contribution is -0.120. The number of nitrogens with zero attached hydrogens (tertiary/aromatic N) is 2. The summed E-state index contributed by atoms with van der Waals surface area (Å²) in [6, 6.07) is 10.5. The molecule has 1 amide bonds. The normalized spacial score (nSPS) is 12.3. The highest BCUT2D eigenvalue weighted by atomic mass is 16.2. The van der Waals surface area contributed by atoms with Crippen LogP contribution < -0.4 is 5.32 Å². The summed E-state index contributed by atoms with van der Waals surface area (Å²) in [6.45, 7) is 10.5. The minimum absolute atomic E-state index is 0.0306. The van der Waals surface area contributed by atoms with Gasteiger partial charge in [-0.25, -0.2) is 4.98 Å². The van der Waals surface area contributed by atoms with E-state index in [1.165, 1.54) is 11.1 Å². The molecule has 0 aliphatic carbocycles. The number of fused-ring (bicyclic) bond motifs is 1. The van der Waals surface area contributed by atoms with Crippen LogP contribution in [0.5, 0.6) is 0 Å². The summed E-state index contributed by atoms with van der Waals surface area (Å²) in [6.07, 6.45) is 5.94. The lowest BCUT2D eigenvalue weighted by Gasteiger charge is -2.15. The molecule has 2 aromatic heterocycles. The number of aromatic nitrogens is 2. The molecule has 3 rings (SSSR count). The Hall–Kier alpha value is -2.62. The number of amides is 1. The molecule has 0 unspecified atom stereocenters. The van der Waals surface area contributed by atoms with E-state index in [1.807, 2.05) is 16.7 Å². The molecule has 0 aliphatic heterocycles. The van der Waals surface area contributed by atoms with Crippen LogP contribution in [0.2, 0.25) is 0 Å². The predicted molar refractivity (Wildman–Crippen MR) is 117 cm³/mol. The summed E-state index contributed by atoms with van der Waals surface area (Å²) in [5.74, 6) is 0.881. The molecule has 1 N–H and O–H groups in total. The first-order valence-corrected chi connectivity index (χ1v) is 10.3. The zero-order chi connectivity index (χ0) is 20.3. The van der Waals surface area contributed by atoms with E-state index in [4.69, 9.17) is 4.98 Å². The molecular weight excluding hydrogens is 346 g/mol. The Morgan fingerprint density at radius 3 is 2.43 bits per heavy atom. The third kappa shape index (κ3) is 4.27. The Balaban J connectivity index is 2.07. The first-order chi connectivity index (χ1) is 13.4. The Kier molecular flexibility index (Phi) is 6.18. The summed E-state index contributed by atoms with van der Waals surface area (Å²) < 4.78 is 1.99. The average molecular weight is 378 g/mol. The van der Waals surface area contributed by atoms with Crippen molar-refractivity contribution in [2.75, 3.05) is 5.32 Å². The van der Waals surface area contributed by atoms with Gasteiger partial charge in [0.2, 0.25) is 5.91 Å². The molecule has 3 aromatic rings. The number of unbranched alkanes of at least 4 members (excludes halogenated alkanes) is 1. The molecule has 0 radical (unpaired) electrons. The fourth-order valence-corrected chi connectivity index (χ4v) is 3.77. The van der Waals surface area contributed by atoms with Crippen molar-refractivity contribution in [1.82, 2.24) is 9.38 Å². The number of hydrogen-bond acceptors (Lipinski definition) is 2. The zero-order valence-corrected chi connectivity index (χ0v) is 17.7. The number of anilines is 1. The second-order valence-electron chi connectivity index (χ2n) is 7.85. The molecule has 4 heteroatoms. The second kappa shape index (κ2) is 8.59. The zero-order valence-electron chi connectivity index (χ0n) is 17.7. The highest BCUT2D eigenvalue weighted by Gasteiger charge is 2.21.